The summed E-state index contributed by atoms with van der Waals surface area (Å²) in [6.45, 7) is 4.46. The van der Waals surface area contributed by atoms with E-state index in [0.717, 1.165) is 43.4 Å². The fraction of sp³-hybridized carbons (Fsp3) is 0.391. The summed E-state index contributed by atoms with van der Waals surface area (Å²) in [7, 11) is 0. The topological polar surface area (TPSA) is 48.2 Å². The highest BCUT2D eigenvalue weighted by Crippen LogP contribution is 2.30. The molecule has 0 aliphatic rings. The van der Waals surface area contributed by atoms with Gasteiger partial charge in [-0.2, -0.15) is 18.2 Å². The minimum absolute atomic E-state index is 0.180. The van der Waals surface area contributed by atoms with Gasteiger partial charge in [0.15, 0.2) is 0 Å². The first-order chi connectivity index (χ1) is 14.4. The number of benzene rings is 2. The molecule has 0 spiro atoms. The number of halogens is 3. The van der Waals surface area contributed by atoms with Gasteiger partial charge in [0.2, 0.25) is 11.7 Å². The first kappa shape index (κ1) is 21.9. The van der Waals surface area contributed by atoms with Crippen molar-refractivity contribution in [1.29, 1.82) is 0 Å². The Morgan fingerprint density at radius 3 is 2.30 bits per heavy atom. The maximum Gasteiger partial charge on any atom is 0.416 e. The minimum Gasteiger partial charge on any atom is -0.489 e. The molecular formula is C23H25F3N2O2. The van der Waals surface area contributed by atoms with E-state index in [0.29, 0.717) is 23.0 Å². The number of rotatable bonds is 9. The number of alkyl halides is 3. The van der Waals surface area contributed by atoms with Crippen molar-refractivity contribution in [2.75, 3.05) is 0 Å². The van der Waals surface area contributed by atoms with Crippen LogP contribution in [0.15, 0.2) is 53.1 Å². The lowest BCUT2D eigenvalue weighted by Crippen LogP contribution is -2.05. The fourth-order valence-electron chi connectivity index (χ4n) is 3.13. The molecule has 0 bridgehead atoms. The largest absolute Gasteiger partial charge is 0.489 e. The lowest BCUT2D eigenvalue weighted by molar-refractivity contribution is -0.137. The predicted octanol–water partition coefficient (Wildman–Crippen LogP) is 7.02. The highest BCUT2D eigenvalue weighted by atomic mass is 19.4. The third-order valence-corrected chi connectivity index (χ3v) is 4.99. The molecule has 0 aliphatic heterocycles. The zero-order chi connectivity index (χ0) is 21.6. The molecule has 30 heavy (non-hydrogen) atoms. The molecule has 0 saturated carbocycles. The van der Waals surface area contributed by atoms with Crippen LogP contribution >= 0.6 is 0 Å². The number of hydrogen-bond donors (Lipinski definition) is 0. The maximum absolute atomic E-state index is 12.6. The van der Waals surface area contributed by atoms with Gasteiger partial charge >= 0.3 is 6.18 Å². The summed E-state index contributed by atoms with van der Waals surface area (Å²) in [5.74, 6) is 2.09. The van der Waals surface area contributed by atoms with Crippen molar-refractivity contribution in [3.05, 3.63) is 65.5 Å². The maximum atomic E-state index is 12.6. The molecule has 7 heteroatoms. The lowest BCUT2D eigenvalue weighted by Gasteiger charge is -2.09. The van der Waals surface area contributed by atoms with Crippen LogP contribution in [0.1, 0.15) is 62.5 Å². The number of ether oxygens (including phenoxy) is 1. The van der Waals surface area contributed by atoms with Gasteiger partial charge in [-0.3, -0.25) is 0 Å². The van der Waals surface area contributed by atoms with Gasteiger partial charge in [0.25, 0.3) is 0 Å². The van der Waals surface area contributed by atoms with Gasteiger partial charge in [-0.25, -0.2) is 0 Å². The molecule has 160 valence electrons. The third kappa shape index (κ3) is 5.62. The Morgan fingerprint density at radius 2 is 1.70 bits per heavy atom. The molecule has 0 amide bonds. The second-order valence-corrected chi connectivity index (χ2v) is 7.21. The van der Waals surface area contributed by atoms with E-state index in [9.17, 15) is 13.2 Å². The molecule has 4 nitrogen and oxygen atoms in total. The van der Waals surface area contributed by atoms with Crippen molar-refractivity contribution in [3.63, 3.8) is 0 Å². The summed E-state index contributed by atoms with van der Waals surface area (Å²) in [4.78, 5) is 4.55. The molecule has 3 aromatic rings. The van der Waals surface area contributed by atoms with Crippen molar-refractivity contribution in [2.24, 2.45) is 0 Å². The quantitative estimate of drug-likeness (QED) is 0.375. The zero-order valence-electron chi connectivity index (χ0n) is 17.1. The van der Waals surface area contributed by atoms with Gasteiger partial charge in [-0.15, -0.1) is 0 Å². The standard InChI is InChI=1S/C23H25F3N2O2/c1-3-5-6-17(4-2)22-27-21(28-30-22)18-9-13-20(14-10-18)29-15-16-7-11-19(12-8-16)23(24,25)26/h7-14,17H,3-6,15H2,1-2H3/t17-/m0/s1. The molecule has 3 rings (SSSR count). The first-order valence-corrected chi connectivity index (χ1v) is 10.1. The van der Waals surface area contributed by atoms with Gasteiger partial charge in [-0.05, 0) is 54.8 Å². The zero-order valence-corrected chi connectivity index (χ0v) is 17.1. The minimum atomic E-state index is -4.34. The van der Waals surface area contributed by atoms with Crippen molar-refractivity contribution >= 4 is 0 Å². The Morgan fingerprint density at radius 1 is 1.00 bits per heavy atom. The van der Waals surface area contributed by atoms with Gasteiger partial charge in [0.05, 0.1) is 5.56 Å². The second-order valence-electron chi connectivity index (χ2n) is 7.21. The van der Waals surface area contributed by atoms with Crippen molar-refractivity contribution in [3.8, 4) is 17.1 Å². The Bertz CT molecular complexity index is 919. The van der Waals surface area contributed by atoms with Gasteiger partial charge in [-0.1, -0.05) is 44.0 Å². The molecule has 1 aromatic heterocycles. The predicted molar refractivity (Wildman–Crippen MR) is 108 cm³/mol. The molecular weight excluding hydrogens is 393 g/mol. The number of unbranched alkanes of at least 4 members (excludes halogenated alkanes) is 1. The molecule has 0 radical (unpaired) electrons. The van der Waals surface area contributed by atoms with E-state index >= 15 is 0 Å². The molecule has 0 N–H and O–H groups in total. The molecule has 0 aliphatic carbocycles. The van der Waals surface area contributed by atoms with E-state index in [1.54, 1.807) is 12.1 Å². The molecule has 0 unspecified atom stereocenters. The van der Waals surface area contributed by atoms with E-state index in [4.69, 9.17) is 9.26 Å². The number of hydrogen-bond acceptors (Lipinski definition) is 4. The normalized spacial score (nSPS) is 12.7. The van der Waals surface area contributed by atoms with Gasteiger partial charge < -0.3 is 9.26 Å². The van der Waals surface area contributed by atoms with Crippen LogP contribution < -0.4 is 4.74 Å². The number of aromatic nitrogens is 2. The lowest BCUT2D eigenvalue weighted by atomic mass is 9.99. The van der Waals surface area contributed by atoms with Crippen LogP contribution in [0.25, 0.3) is 11.4 Å². The van der Waals surface area contributed by atoms with Crippen LogP contribution in [0.3, 0.4) is 0 Å². The van der Waals surface area contributed by atoms with Gasteiger partial charge in [0.1, 0.15) is 12.4 Å². The first-order valence-electron chi connectivity index (χ1n) is 10.1. The Balaban J connectivity index is 1.60. The third-order valence-electron chi connectivity index (χ3n) is 4.99. The van der Waals surface area contributed by atoms with Crippen molar-refractivity contribution in [1.82, 2.24) is 10.1 Å². The van der Waals surface area contributed by atoms with Crippen LogP contribution in [0.5, 0.6) is 5.75 Å². The molecule has 0 saturated heterocycles. The summed E-state index contributed by atoms with van der Waals surface area (Å²) >= 11 is 0. The number of nitrogens with zero attached hydrogens (tertiary/aromatic N) is 2. The summed E-state index contributed by atoms with van der Waals surface area (Å²) in [6, 6.07) is 12.2. The van der Waals surface area contributed by atoms with Crippen molar-refractivity contribution < 1.29 is 22.4 Å². The molecule has 1 heterocycles. The van der Waals surface area contributed by atoms with E-state index in [2.05, 4.69) is 24.0 Å². The molecule has 0 fully saturated rings. The SMILES string of the molecule is CCCC[C@H](CC)c1nc(-c2ccc(OCc3ccc(C(F)(F)F)cc3)cc2)no1. The summed E-state index contributed by atoms with van der Waals surface area (Å²) in [6.07, 6.45) is -0.0896. The molecule has 2 aromatic carbocycles. The Kier molecular flexibility index (Phi) is 7.13. The highest BCUT2D eigenvalue weighted by molar-refractivity contribution is 5.55. The average molecular weight is 418 g/mol. The van der Waals surface area contributed by atoms with Gasteiger partial charge in [0, 0.05) is 11.5 Å². The van der Waals surface area contributed by atoms with E-state index in [1.165, 1.54) is 12.1 Å². The molecule has 1 atom stereocenters. The van der Waals surface area contributed by atoms with E-state index in [1.807, 2.05) is 12.1 Å². The van der Waals surface area contributed by atoms with Crippen LogP contribution in [0, 0.1) is 0 Å². The average Bonchev–Trinajstić information content (AvgIpc) is 3.23. The Labute approximate surface area is 174 Å². The van der Waals surface area contributed by atoms with Crippen LogP contribution in [-0.4, -0.2) is 10.1 Å². The monoisotopic (exact) mass is 418 g/mol. The Hall–Kier alpha value is -2.83. The van der Waals surface area contributed by atoms with Crippen molar-refractivity contribution in [2.45, 2.75) is 58.2 Å². The summed E-state index contributed by atoms with van der Waals surface area (Å²) in [5.41, 5.74) is 0.805. The van der Waals surface area contributed by atoms with Crippen LogP contribution in [0.2, 0.25) is 0 Å². The van der Waals surface area contributed by atoms with E-state index < -0.39 is 11.7 Å². The van der Waals surface area contributed by atoms with E-state index in [-0.39, 0.29) is 12.5 Å². The summed E-state index contributed by atoms with van der Waals surface area (Å²) in [5, 5.41) is 4.10. The summed E-state index contributed by atoms with van der Waals surface area (Å²) < 4.78 is 49.0. The fourth-order valence-corrected chi connectivity index (χ4v) is 3.13. The smallest absolute Gasteiger partial charge is 0.416 e. The highest BCUT2D eigenvalue weighted by Gasteiger charge is 2.29. The van der Waals surface area contributed by atoms with Crippen LogP contribution in [-0.2, 0) is 12.8 Å². The second kappa shape index (κ2) is 9.78. The van der Waals surface area contributed by atoms with Crippen LogP contribution in [0.4, 0.5) is 13.2 Å².